The number of hydrogen-bond donors (Lipinski definition) is 0. The van der Waals surface area contributed by atoms with E-state index in [1.54, 1.807) is 11.9 Å². The average molecular weight is 431 g/mol. The topological polar surface area (TPSA) is 75.4 Å². The van der Waals surface area contributed by atoms with E-state index in [9.17, 15) is 23.3 Å². The minimum Gasteiger partial charge on any atom is -0.329 e. The fourth-order valence-electron chi connectivity index (χ4n) is 2.97. The Kier molecular flexibility index (Phi) is 6.09. The second kappa shape index (κ2) is 8.58. The SMILES string of the molecule is CCc1ccc(N(C)c2ncc(C(F)(F)F)c(N(C)c3ccc([N+](=O)[O-])cc3)n2)cc1. The molecule has 0 N–H and O–H groups in total. The van der Waals surface area contributed by atoms with E-state index in [1.807, 2.05) is 31.2 Å². The summed E-state index contributed by atoms with van der Waals surface area (Å²) in [5.41, 5.74) is 0.999. The van der Waals surface area contributed by atoms with Crippen LogP contribution in [0.1, 0.15) is 18.1 Å². The number of nitro groups is 1. The van der Waals surface area contributed by atoms with E-state index in [1.165, 1.54) is 36.2 Å². The van der Waals surface area contributed by atoms with Crippen molar-refractivity contribution in [3.63, 3.8) is 0 Å². The molecule has 0 saturated heterocycles. The molecule has 10 heteroatoms. The molecule has 0 aliphatic rings. The zero-order valence-electron chi connectivity index (χ0n) is 17.1. The molecule has 0 aliphatic heterocycles. The third kappa shape index (κ3) is 4.73. The number of alkyl halides is 3. The normalized spacial score (nSPS) is 11.3. The van der Waals surface area contributed by atoms with Crippen molar-refractivity contribution in [2.24, 2.45) is 0 Å². The molecule has 1 heterocycles. The lowest BCUT2D eigenvalue weighted by Crippen LogP contribution is -2.21. The number of nitro benzene ring substituents is 1. The van der Waals surface area contributed by atoms with Gasteiger partial charge in [0.2, 0.25) is 5.95 Å². The first-order valence-corrected chi connectivity index (χ1v) is 9.37. The molecular formula is C21H20F3N5O2. The van der Waals surface area contributed by atoms with E-state index in [0.717, 1.165) is 23.9 Å². The lowest BCUT2D eigenvalue weighted by Gasteiger charge is -2.25. The van der Waals surface area contributed by atoms with Crippen LogP contribution in [0.5, 0.6) is 0 Å². The zero-order valence-corrected chi connectivity index (χ0v) is 17.1. The Balaban J connectivity index is 2.03. The highest BCUT2D eigenvalue weighted by molar-refractivity contribution is 5.66. The Labute approximate surface area is 176 Å². The van der Waals surface area contributed by atoms with Crippen LogP contribution in [0.4, 0.5) is 42.0 Å². The van der Waals surface area contributed by atoms with Crippen LogP contribution in [-0.4, -0.2) is 29.0 Å². The number of anilines is 4. The molecule has 0 saturated carbocycles. The van der Waals surface area contributed by atoms with Gasteiger partial charge in [-0.05, 0) is 36.2 Å². The maximum atomic E-state index is 13.6. The maximum absolute atomic E-state index is 13.6. The largest absolute Gasteiger partial charge is 0.421 e. The molecule has 0 aliphatic carbocycles. The first kappa shape index (κ1) is 22.0. The summed E-state index contributed by atoms with van der Waals surface area (Å²) in [6, 6.07) is 12.7. The van der Waals surface area contributed by atoms with Gasteiger partial charge in [0.1, 0.15) is 5.56 Å². The summed E-state index contributed by atoms with van der Waals surface area (Å²) in [6.45, 7) is 2.03. The molecular weight excluding hydrogens is 411 g/mol. The van der Waals surface area contributed by atoms with Crippen molar-refractivity contribution >= 4 is 28.8 Å². The second-order valence-corrected chi connectivity index (χ2v) is 6.82. The Morgan fingerprint density at radius 1 is 0.968 bits per heavy atom. The van der Waals surface area contributed by atoms with E-state index < -0.39 is 16.7 Å². The third-order valence-corrected chi connectivity index (χ3v) is 4.86. The van der Waals surface area contributed by atoms with Crippen molar-refractivity contribution in [2.45, 2.75) is 19.5 Å². The predicted molar refractivity (Wildman–Crippen MR) is 112 cm³/mol. The molecule has 3 aromatic rings. The summed E-state index contributed by atoms with van der Waals surface area (Å²) in [4.78, 5) is 21.2. The van der Waals surface area contributed by atoms with Crippen LogP contribution in [0.15, 0.2) is 54.7 Å². The summed E-state index contributed by atoms with van der Waals surface area (Å²) in [5.74, 6) is -0.274. The molecule has 0 atom stereocenters. The van der Waals surface area contributed by atoms with Gasteiger partial charge in [-0.1, -0.05) is 19.1 Å². The van der Waals surface area contributed by atoms with Crippen LogP contribution in [0.3, 0.4) is 0 Å². The van der Waals surface area contributed by atoms with Gasteiger partial charge in [-0.15, -0.1) is 0 Å². The van der Waals surface area contributed by atoms with Crippen molar-refractivity contribution in [3.8, 4) is 0 Å². The van der Waals surface area contributed by atoms with Gasteiger partial charge in [0, 0.05) is 43.8 Å². The van der Waals surface area contributed by atoms with Gasteiger partial charge < -0.3 is 9.80 Å². The molecule has 3 rings (SSSR count). The molecule has 2 aromatic carbocycles. The summed E-state index contributed by atoms with van der Waals surface area (Å²) in [7, 11) is 3.08. The molecule has 0 amide bonds. The molecule has 7 nitrogen and oxygen atoms in total. The van der Waals surface area contributed by atoms with Crippen LogP contribution in [0, 0.1) is 10.1 Å². The Morgan fingerprint density at radius 3 is 2.03 bits per heavy atom. The van der Waals surface area contributed by atoms with Crippen LogP contribution in [0.2, 0.25) is 0 Å². The smallest absolute Gasteiger partial charge is 0.329 e. The Bertz CT molecular complexity index is 1070. The zero-order chi connectivity index (χ0) is 22.8. The van der Waals surface area contributed by atoms with Crippen molar-refractivity contribution in [1.29, 1.82) is 0 Å². The number of halogens is 3. The van der Waals surface area contributed by atoms with Gasteiger partial charge in [-0.3, -0.25) is 10.1 Å². The number of rotatable bonds is 6. The highest BCUT2D eigenvalue weighted by atomic mass is 19.4. The summed E-state index contributed by atoms with van der Waals surface area (Å²) >= 11 is 0. The standard InChI is InChI=1S/C21H20F3N5O2/c1-4-14-5-7-16(8-6-14)28(3)20-25-13-18(21(22,23)24)19(26-20)27(2)15-9-11-17(12-10-15)29(30)31/h5-13H,4H2,1-3H3. The van der Waals surface area contributed by atoms with Crippen molar-refractivity contribution in [1.82, 2.24) is 9.97 Å². The van der Waals surface area contributed by atoms with Crippen molar-refractivity contribution in [2.75, 3.05) is 23.9 Å². The van der Waals surface area contributed by atoms with E-state index in [2.05, 4.69) is 9.97 Å². The van der Waals surface area contributed by atoms with Crippen LogP contribution in [-0.2, 0) is 12.6 Å². The van der Waals surface area contributed by atoms with Crippen LogP contribution < -0.4 is 9.80 Å². The fourth-order valence-corrected chi connectivity index (χ4v) is 2.97. The van der Waals surface area contributed by atoms with Crippen LogP contribution >= 0.6 is 0 Å². The summed E-state index contributed by atoms with van der Waals surface area (Å²) < 4.78 is 40.9. The van der Waals surface area contributed by atoms with Gasteiger partial charge in [0.25, 0.3) is 5.69 Å². The van der Waals surface area contributed by atoms with E-state index in [4.69, 9.17) is 0 Å². The quantitative estimate of drug-likeness (QED) is 0.379. The molecule has 1 aromatic heterocycles. The molecule has 0 radical (unpaired) electrons. The van der Waals surface area contributed by atoms with E-state index in [-0.39, 0.29) is 17.5 Å². The first-order valence-electron chi connectivity index (χ1n) is 9.37. The lowest BCUT2D eigenvalue weighted by atomic mass is 10.1. The average Bonchev–Trinajstić information content (AvgIpc) is 2.77. The maximum Gasteiger partial charge on any atom is 0.421 e. The van der Waals surface area contributed by atoms with Crippen LogP contribution in [0.25, 0.3) is 0 Å². The highest BCUT2D eigenvalue weighted by Crippen LogP contribution is 2.38. The number of non-ortho nitro benzene ring substituents is 1. The number of nitrogens with zero attached hydrogens (tertiary/aromatic N) is 5. The molecule has 0 unspecified atom stereocenters. The number of hydrogen-bond acceptors (Lipinski definition) is 6. The Morgan fingerprint density at radius 2 is 1.52 bits per heavy atom. The third-order valence-electron chi connectivity index (χ3n) is 4.86. The fraction of sp³-hybridized carbons (Fsp3) is 0.238. The van der Waals surface area contributed by atoms with Gasteiger partial charge in [-0.25, -0.2) is 4.98 Å². The molecule has 0 bridgehead atoms. The molecule has 0 spiro atoms. The number of benzene rings is 2. The minimum absolute atomic E-state index is 0.0843. The van der Waals surface area contributed by atoms with Crippen molar-refractivity contribution < 1.29 is 18.1 Å². The summed E-state index contributed by atoms with van der Waals surface area (Å²) in [6.07, 6.45) is -3.06. The van der Waals surface area contributed by atoms with Crippen molar-refractivity contribution in [3.05, 3.63) is 76.0 Å². The van der Waals surface area contributed by atoms with Gasteiger partial charge >= 0.3 is 6.18 Å². The molecule has 31 heavy (non-hydrogen) atoms. The van der Waals surface area contributed by atoms with E-state index >= 15 is 0 Å². The van der Waals surface area contributed by atoms with Gasteiger partial charge in [0.05, 0.1) is 4.92 Å². The second-order valence-electron chi connectivity index (χ2n) is 6.82. The Hall–Kier alpha value is -3.69. The lowest BCUT2D eigenvalue weighted by molar-refractivity contribution is -0.384. The first-order chi connectivity index (χ1) is 14.6. The molecule has 0 fully saturated rings. The number of aryl methyl sites for hydroxylation is 1. The van der Waals surface area contributed by atoms with Gasteiger partial charge in [-0.2, -0.15) is 18.2 Å². The predicted octanol–water partition coefficient (Wildman–Crippen LogP) is 5.50. The highest BCUT2D eigenvalue weighted by Gasteiger charge is 2.37. The number of aromatic nitrogens is 2. The molecule has 162 valence electrons. The van der Waals surface area contributed by atoms with Gasteiger partial charge in [0.15, 0.2) is 5.82 Å². The van der Waals surface area contributed by atoms with E-state index in [0.29, 0.717) is 5.69 Å². The minimum atomic E-state index is -4.68. The monoisotopic (exact) mass is 431 g/mol. The summed E-state index contributed by atoms with van der Waals surface area (Å²) in [5, 5.41) is 10.8.